The third-order valence-corrected chi connectivity index (χ3v) is 3.66. The summed E-state index contributed by atoms with van der Waals surface area (Å²) < 4.78 is 5.46. The summed E-state index contributed by atoms with van der Waals surface area (Å²) in [5.41, 5.74) is 7.13. The van der Waals surface area contributed by atoms with Gasteiger partial charge >= 0.3 is 0 Å². The van der Waals surface area contributed by atoms with E-state index in [1.165, 1.54) is 12.8 Å². The summed E-state index contributed by atoms with van der Waals surface area (Å²) in [6, 6.07) is 3.88. The van der Waals surface area contributed by atoms with E-state index in [9.17, 15) is 0 Å². The number of rotatable bonds is 5. The van der Waals surface area contributed by atoms with E-state index in [1.54, 1.807) is 6.20 Å². The van der Waals surface area contributed by atoms with Gasteiger partial charge in [0, 0.05) is 25.4 Å². The number of likely N-dealkylation sites (tertiary alicyclic amines) is 1. The van der Waals surface area contributed by atoms with Crippen LogP contribution in [-0.2, 0) is 6.54 Å². The molecule has 6 heteroatoms. The minimum Gasteiger partial charge on any atom is -0.478 e. The number of ether oxygens (including phenoxy) is 1. The minimum absolute atomic E-state index is 0. The van der Waals surface area contributed by atoms with Gasteiger partial charge in [-0.3, -0.25) is 0 Å². The topological polar surface area (TPSA) is 63.7 Å². The number of piperidine rings is 1. The highest BCUT2D eigenvalue weighted by atomic mass is 127. The molecule has 1 fully saturated rings. The second kappa shape index (κ2) is 9.86. The highest BCUT2D eigenvalue weighted by Crippen LogP contribution is 2.15. The van der Waals surface area contributed by atoms with Gasteiger partial charge in [-0.05, 0) is 30.7 Å². The number of halogens is 1. The van der Waals surface area contributed by atoms with Gasteiger partial charge in [-0.25, -0.2) is 9.98 Å². The Labute approximate surface area is 150 Å². The maximum Gasteiger partial charge on any atom is 0.213 e. The standard InChI is InChI=1S/C16H26N4O.HI/c1-3-9-21-15-7-6-14(10-18-15)11-19-16(17)20-8-4-5-13(2)12-20;/h6-7,10,13H,3-5,8-9,11-12H2,1-2H3,(H2,17,19);1H. The van der Waals surface area contributed by atoms with Crippen molar-refractivity contribution in [3.05, 3.63) is 23.9 Å². The predicted molar refractivity (Wildman–Crippen MR) is 101 cm³/mol. The van der Waals surface area contributed by atoms with Crippen molar-refractivity contribution in [2.45, 2.75) is 39.7 Å². The van der Waals surface area contributed by atoms with Crippen LogP contribution in [0.1, 0.15) is 38.7 Å². The SMILES string of the molecule is CCCOc1ccc(CN=C(N)N2CCCC(C)C2)cn1.I. The molecule has 5 nitrogen and oxygen atoms in total. The second-order valence-electron chi connectivity index (χ2n) is 5.72. The smallest absolute Gasteiger partial charge is 0.213 e. The molecule has 124 valence electrons. The molecule has 1 atom stereocenters. The van der Waals surface area contributed by atoms with E-state index in [0.717, 1.165) is 25.1 Å². The minimum atomic E-state index is 0. The molecule has 0 amide bonds. The molecule has 1 saturated heterocycles. The Morgan fingerprint density at radius 2 is 2.32 bits per heavy atom. The third kappa shape index (κ3) is 5.98. The van der Waals surface area contributed by atoms with E-state index in [0.29, 0.717) is 30.9 Å². The fourth-order valence-corrected chi connectivity index (χ4v) is 2.47. The van der Waals surface area contributed by atoms with Gasteiger partial charge < -0.3 is 15.4 Å². The molecule has 0 aromatic carbocycles. The number of hydrogen-bond acceptors (Lipinski definition) is 3. The lowest BCUT2D eigenvalue weighted by Crippen LogP contribution is -2.43. The number of aliphatic imine (C=N–C) groups is 1. The van der Waals surface area contributed by atoms with Gasteiger partial charge in [0.25, 0.3) is 0 Å². The van der Waals surface area contributed by atoms with Gasteiger partial charge in [-0.2, -0.15) is 0 Å². The van der Waals surface area contributed by atoms with Gasteiger partial charge in [0.05, 0.1) is 13.2 Å². The maximum absolute atomic E-state index is 6.08. The van der Waals surface area contributed by atoms with Crippen LogP contribution >= 0.6 is 24.0 Å². The highest BCUT2D eigenvalue weighted by Gasteiger charge is 2.17. The van der Waals surface area contributed by atoms with Crippen molar-refractivity contribution in [1.29, 1.82) is 0 Å². The number of hydrogen-bond donors (Lipinski definition) is 1. The quantitative estimate of drug-likeness (QED) is 0.454. The number of pyridine rings is 1. The lowest BCUT2D eigenvalue weighted by molar-refractivity contribution is 0.270. The third-order valence-electron chi connectivity index (χ3n) is 3.66. The molecule has 1 unspecified atom stereocenters. The van der Waals surface area contributed by atoms with Crippen molar-refractivity contribution in [2.75, 3.05) is 19.7 Å². The van der Waals surface area contributed by atoms with Crippen LogP contribution in [0.25, 0.3) is 0 Å². The molecule has 1 aliphatic heterocycles. The van der Waals surface area contributed by atoms with Gasteiger partial charge in [0.1, 0.15) is 0 Å². The van der Waals surface area contributed by atoms with E-state index in [-0.39, 0.29) is 24.0 Å². The number of nitrogens with zero attached hydrogens (tertiary/aromatic N) is 3. The highest BCUT2D eigenvalue weighted by molar-refractivity contribution is 14.0. The first-order chi connectivity index (χ1) is 10.2. The zero-order valence-electron chi connectivity index (χ0n) is 13.5. The lowest BCUT2D eigenvalue weighted by Gasteiger charge is -2.31. The molecule has 2 N–H and O–H groups in total. The van der Waals surface area contributed by atoms with E-state index in [1.807, 2.05) is 12.1 Å². The summed E-state index contributed by atoms with van der Waals surface area (Å²) in [6.07, 6.45) is 5.27. The number of aromatic nitrogens is 1. The van der Waals surface area contributed by atoms with Crippen LogP contribution in [0.4, 0.5) is 0 Å². The van der Waals surface area contributed by atoms with E-state index in [4.69, 9.17) is 10.5 Å². The van der Waals surface area contributed by atoms with Gasteiger partial charge in [0.15, 0.2) is 5.96 Å². The Hall–Kier alpha value is -1.05. The Kier molecular flexibility index (Phi) is 8.52. The second-order valence-corrected chi connectivity index (χ2v) is 5.72. The van der Waals surface area contributed by atoms with Crippen molar-refractivity contribution in [1.82, 2.24) is 9.88 Å². The first kappa shape index (κ1) is 19.0. The van der Waals surface area contributed by atoms with Crippen LogP contribution in [0.3, 0.4) is 0 Å². The fourth-order valence-electron chi connectivity index (χ4n) is 2.47. The van der Waals surface area contributed by atoms with Crippen molar-refractivity contribution < 1.29 is 4.74 Å². The molecule has 2 rings (SSSR count). The van der Waals surface area contributed by atoms with Gasteiger partial charge in [0.2, 0.25) is 5.88 Å². The predicted octanol–water partition coefficient (Wildman–Crippen LogP) is 3.04. The summed E-state index contributed by atoms with van der Waals surface area (Å²) in [6.45, 7) is 7.63. The van der Waals surface area contributed by atoms with E-state index < -0.39 is 0 Å². The van der Waals surface area contributed by atoms with Crippen LogP contribution in [0.15, 0.2) is 23.3 Å². The summed E-state index contributed by atoms with van der Waals surface area (Å²) in [7, 11) is 0. The Morgan fingerprint density at radius 1 is 1.50 bits per heavy atom. The van der Waals surface area contributed by atoms with Crippen LogP contribution < -0.4 is 10.5 Å². The summed E-state index contributed by atoms with van der Waals surface area (Å²) >= 11 is 0. The molecule has 0 radical (unpaired) electrons. The van der Waals surface area contributed by atoms with Crippen molar-refractivity contribution in [3.8, 4) is 5.88 Å². The van der Waals surface area contributed by atoms with Crippen LogP contribution in [-0.4, -0.2) is 35.5 Å². The lowest BCUT2D eigenvalue weighted by atomic mass is 10.0. The van der Waals surface area contributed by atoms with Gasteiger partial charge in [-0.15, -0.1) is 24.0 Å². The fraction of sp³-hybridized carbons (Fsp3) is 0.625. The summed E-state index contributed by atoms with van der Waals surface area (Å²) in [5.74, 6) is 2.01. The van der Waals surface area contributed by atoms with E-state index >= 15 is 0 Å². The van der Waals surface area contributed by atoms with Crippen molar-refractivity contribution in [2.24, 2.45) is 16.6 Å². The van der Waals surface area contributed by atoms with Gasteiger partial charge in [-0.1, -0.05) is 19.9 Å². The average Bonchev–Trinajstić information content (AvgIpc) is 2.51. The molecule has 0 bridgehead atoms. The first-order valence-electron chi connectivity index (χ1n) is 7.81. The number of nitrogens with two attached hydrogens (primary N) is 1. The molecular formula is C16H27IN4O. The molecule has 1 aromatic rings. The van der Waals surface area contributed by atoms with Crippen molar-refractivity contribution >= 4 is 29.9 Å². The monoisotopic (exact) mass is 418 g/mol. The van der Waals surface area contributed by atoms with Crippen LogP contribution in [0, 0.1) is 5.92 Å². The maximum atomic E-state index is 6.08. The molecule has 22 heavy (non-hydrogen) atoms. The van der Waals surface area contributed by atoms with E-state index in [2.05, 4.69) is 28.7 Å². The largest absolute Gasteiger partial charge is 0.478 e. The molecule has 1 aromatic heterocycles. The van der Waals surface area contributed by atoms with Crippen molar-refractivity contribution in [3.63, 3.8) is 0 Å². The molecule has 0 saturated carbocycles. The summed E-state index contributed by atoms with van der Waals surface area (Å²) in [5, 5.41) is 0. The molecule has 0 aliphatic carbocycles. The van der Waals surface area contributed by atoms with Crippen LogP contribution in [0.5, 0.6) is 5.88 Å². The van der Waals surface area contributed by atoms with Crippen LogP contribution in [0.2, 0.25) is 0 Å². The molecule has 0 spiro atoms. The Balaban J connectivity index is 0.00000242. The normalized spacial score (nSPS) is 18.7. The zero-order valence-corrected chi connectivity index (χ0v) is 15.8. The summed E-state index contributed by atoms with van der Waals surface area (Å²) in [4.78, 5) is 10.9. The molecule has 1 aliphatic rings. The zero-order chi connectivity index (χ0) is 15.1. The Bertz CT molecular complexity index is 464. The molecule has 2 heterocycles. The Morgan fingerprint density at radius 3 is 2.95 bits per heavy atom. The average molecular weight is 418 g/mol. The molecular weight excluding hydrogens is 391 g/mol. The number of guanidine groups is 1. The first-order valence-corrected chi connectivity index (χ1v) is 7.81.